The van der Waals surface area contributed by atoms with Gasteiger partial charge >= 0.3 is 0 Å². The topological polar surface area (TPSA) is 6.48 Å². The third kappa shape index (κ3) is 13.3. The van der Waals surface area contributed by atoms with Crippen molar-refractivity contribution in [1.29, 1.82) is 0 Å². The Hall–Kier alpha value is 0.480. The van der Waals surface area contributed by atoms with Crippen molar-refractivity contribution in [2.45, 2.75) is 79.1 Å². The van der Waals surface area contributed by atoms with Crippen LogP contribution in [-0.4, -0.2) is 49.7 Å². The van der Waals surface area contributed by atoms with Gasteiger partial charge in [0.25, 0.3) is 0 Å². The zero-order valence-corrected chi connectivity index (χ0v) is 20.0. The predicted octanol–water partition coefficient (Wildman–Crippen LogP) is 6.78. The normalized spacial score (nSPS) is 10.7. The van der Waals surface area contributed by atoms with Crippen LogP contribution in [-0.2, 0) is 0 Å². The fourth-order valence-electron chi connectivity index (χ4n) is 2.13. The minimum atomic E-state index is 0.857. The van der Waals surface area contributed by atoms with Gasteiger partial charge < -0.3 is 9.80 Å². The van der Waals surface area contributed by atoms with Gasteiger partial charge in [0.15, 0.2) is 0 Å². The van der Waals surface area contributed by atoms with E-state index in [9.17, 15) is 0 Å². The monoisotopic (exact) mass is 422 g/mol. The second-order valence-corrected chi connectivity index (χ2v) is 9.77. The van der Waals surface area contributed by atoms with E-state index in [0.29, 0.717) is 0 Å². The van der Waals surface area contributed by atoms with Crippen molar-refractivity contribution >= 4 is 56.6 Å². The summed E-state index contributed by atoms with van der Waals surface area (Å²) in [4.78, 5) is 4.75. The van der Waals surface area contributed by atoms with E-state index >= 15 is 0 Å². The molecular formula is C19H38N2S4. The highest BCUT2D eigenvalue weighted by Crippen LogP contribution is 2.17. The average molecular weight is 423 g/mol. The van der Waals surface area contributed by atoms with Crippen molar-refractivity contribution in [1.82, 2.24) is 9.80 Å². The Kier molecular flexibility index (Phi) is 18.2. The van der Waals surface area contributed by atoms with Crippen molar-refractivity contribution in [3.63, 3.8) is 0 Å². The van der Waals surface area contributed by atoms with Gasteiger partial charge in [-0.2, -0.15) is 0 Å². The van der Waals surface area contributed by atoms with Gasteiger partial charge in [-0.3, -0.25) is 0 Å². The molecule has 0 fully saturated rings. The molecule has 0 amide bonds. The standard InChI is InChI=1S/C19H38N2S4/c1-5-9-13-20(18(22)24-15-11-7-3)17-21(14-10-6-2)19(23)25-16-12-8-4/h5-17H2,1-4H3. The first kappa shape index (κ1) is 25.5. The Bertz CT molecular complexity index is 318. The lowest BCUT2D eigenvalue weighted by molar-refractivity contribution is 0.278. The van der Waals surface area contributed by atoms with Crippen LogP contribution < -0.4 is 0 Å². The SMILES string of the molecule is CCCCSC(=S)N(CCCC)CN(CCCC)C(=S)SCCCC. The first-order valence-corrected chi connectivity index (χ1v) is 12.7. The summed E-state index contributed by atoms with van der Waals surface area (Å²) in [6.07, 6.45) is 9.69. The molecule has 0 rings (SSSR count). The Labute approximate surface area is 176 Å². The molecule has 0 unspecified atom stereocenters. The van der Waals surface area contributed by atoms with Crippen LogP contribution in [0.15, 0.2) is 0 Å². The van der Waals surface area contributed by atoms with Crippen LogP contribution >= 0.6 is 48.0 Å². The van der Waals surface area contributed by atoms with Crippen LogP contribution in [0, 0.1) is 0 Å². The Morgan fingerprint density at radius 3 is 1.32 bits per heavy atom. The summed E-state index contributed by atoms with van der Waals surface area (Å²) in [6, 6.07) is 0. The molecule has 25 heavy (non-hydrogen) atoms. The maximum atomic E-state index is 5.74. The number of rotatable bonds is 14. The number of unbranched alkanes of at least 4 members (excludes halogenated alkanes) is 4. The maximum Gasteiger partial charge on any atom is 0.137 e. The molecule has 0 aliphatic carbocycles. The number of thioether (sulfide) groups is 2. The highest BCUT2D eigenvalue weighted by molar-refractivity contribution is 8.23. The molecular weight excluding hydrogens is 384 g/mol. The molecule has 0 saturated carbocycles. The Morgan fingerprint density at radius 2 is 1.00 bits per heavy atom. The summed E-state index contributed by atoms with van der Waals surface area (Å²) in [5.41, 5.74) is 0. The van der Waals surface area contributed by atoms with Crippen LogP contribution in [0.4, 0.5) is 0 Å². The second-order valence-electron chi connectivity index (χ2n) is 6.31. The van der Waals surface area contributed by atoms with E-state index in [1.165, 1.54) is 51.4 Å². The molecule has 6 heteroatoms. The van der Waals surface area contributed by atoms with Gasteiger partial charge in [-0.15, -0.1) is 0 Å². The maximum absolute atomic E-state index is 5.74. The molecule has 148 valence electrons. The van der Waals surface area contributed by atoms with Gasteiger partial charge in [-0.05, 0) is 25.7 Å². The molecule has 0 spiro atoms. The molecule has 0 aromatic rings. The van der Waals surface area contributed by atoms with Crippen molar-refractivity contribution in [2.24, 2.45) is 0 Å². The largest absolute Gasteiger partial charge is 0.340 e. The smallest absolute Gasteiger partial charge is 0.137 e. The van der Waals surface area contributed by atoms with Gasteiger partial charge in [0.1, 0.15) is 8.64 Å². The van der Waals surface area contributed by atoms with Gasteiger partial charge in [0.2, 0.25) is 0 Å². The lowest BCUT2D eigenvalue weighted by atomic mass is 10.3. The number of thiocarbonyl (C=S) groups is 2. The highest BCUT2D eigenvalue weighted by Gasteiger charge is 2.17. The van der Waals surface area contributed by atoms with Crippen molar-refractivity contribution in [2.75, 3.05) is 31.3 Å². The van der Waals surface area contributed by atoms with E-state index in [0.717, 1.165) is 39.9 Å². The van der Waals surface area contributed by atoms with Crippen LogP contribution in [0.25, 0.3) is 0 Å². The molecule has 0 saturated heterocycles. The van der Waals surface area contributed by atoms with Crippen molar-refractivity contribution in [3.05, 3.63) is 0 Å². The summed E-state index contributed by atoms with van der Waals surface area (Å²) in [6.45, 7) is 11.9. The Morgan fingerprint density at radius 1 is 0.640 bits per heavy atom. The van der Waals surface area contributed by atoms with E-state index in [1.54, 1.807) is 0 Å². The average Bonchev–Trinajstić information content (AvgIpc) is 2.61. The fraction of sp³-hybridized carbons (Fsp3) is 0.895. The van der Waals surface area contributed by atoms with Gasteiger partial charge in [-0.25, -0.2) is 0 Å². The molecule has 0 aliphatic heterocycles. The number of hydrogen-bond donors (Lipinski definition) is 0. The summed E-state index contributed by atoms with van der Waals surface area (Å²) in [5, 5.41) is 0. The minimum absolute atomic E-state index is 0.857. The third-order valence-electron chi connectivity index (χ3n) is 3.87. The predicted molar refractivity (Wildman–Crippen MR) is 128 cm³/mol. The molecule has 0 atom stereocenters. The summed E-state index contributed by atoms with van der Waals surface area (Å²) >= 11 is 15.2. The van der Waals surface area contributed by atoms with E-state index in [4.69, 9.17) is 24.4 Å². The highest BCUT2D eigenvalue weighted by atomic mass is 32.2. The second kappa shape index (κ2) is 17.9. The molecule has 0 aromatic heterocycles. The molecule has 0 heterocycles. The third-order valence-corrected chi connectivity index (χ3v) is 7.09. The van der Waals surface area contributed by atoms with E-state index in [2.05, 4.69) is 37.5 Å². The van der Waals surface area contributed by atoms with Crippen molar-refractivity contribution in [3.8, 4) is 0 Å². The fourth-order valence-corrected chi connectivity index (χ4v) is 4.81. The quantitative estimate of drug-likeness (QED) is 0.171. The molecule has 0 N–H and O–H groups in total. The van der Waals surface area contributed by atoms with E-state index in [1.807, 2.05) is 23.5 Å². The zero-order valence-electron chi connectivity index (χ0n) is 16.7. The van der Waals surface area contributed by atoms with Gasteiger partial charge in [0, 0.05) is 24.6 Å². The van der Waals surface area contributed by atoms with Crippen LogP contribution in [0.1, 0.15) is 79.1 Å². The summed E-state index contributed by atoms with van der Waals surface area (Å²) in [5.74, 6) is 2.26. The van der Waals surface area contributed by atoms with Crippen LogP contribution in [0.2, 0.25) is 0 Å². The minimum Gasteiger partial charge on any atom is -0.340 e. The molecule has 0 aliphatic rings. The zero-order chi connectivity index (χ0) is 18.9. The number of nitrogens with zero attached hydrogens (tertiary/aromatic N) is 2. The van der Waals surface area contributed by atoms with E-state index < -0.39 is 0 Å². The van der Waals surface area contributed by atoms with E-state index in [-0.39, 0.29) is 0 Å². The number of hydrogen-bond acceptors (Lipinski definition) is 4. The lowest BCUT2D eigenvalue weighted by Gasteiger charge is -2.33. The van der Waals surface area contributed by atoms with Gasteiger partial charge in [0.05, 0.1) is 6.67 Å². The first-order chi connectivity index (χ1) is 12.1. The summed E-state index contributed by atoms with van der Waals surface area (Å²) < 4.78 is 2.09. The lowest BCUT2D eigenvalue weighted by Crippen LogP contribution is -2.42. The molecule has 2 nitrogen and oxygen atoms in total. The van der Waals surface area contributed by atoms with Crippen molar-refractivity contribution < 1.29 is 0 Å². The summed E-state index contributed by atoms with van der Waals surface area (Å²) in [7, 11) is 0. The molecule has 0 radical (unpaired) electrons. The first-order valence-electron chi connectivity index (χ1n) is 9.93. The molecule has 0 aromatic carbocycles. The van der Waals surface area contributed by atoms with Gasteiger partial charge in [-0.1, -0.05) is 101 Å². The van der Waals surface area contributed by atoms with Crippen LogP contribution in [0.5, 0.6) is 0 Å². The Balaban J connectivity index is 4.77. The van der Waals surface area contributed by atoms with Crippen LogP contribution in [0.3, 0.4) is 0 Å². The molecule has 0 bridgehead atoms.